The number of carbonyl (C=O) groups excluding carboxylic acids is 3. The molecule has 0 fully saturated rings. The summed E-state index contributed by atoms with van der Waals surface area (Å²) in [4.78, 5) is 40.8. The van der Waals surface area contributed by atoms with Gasteiger partial charge < -0.3 is 10.0 Å². The summed E-state index contributed by atoms with van der Waals surface area (Å²) in [5, 5.41) is 13.0. The van der Waals surface area contributed by atoms with E-state index < -0.39 is 12.1 Å². The van der Waals surface area contributed by atoms with Crippen molar-refractivity contribution in [2.24, 2.45) is 5.92 Å². The van der Waals surface area contributed by atoms with Crippen LogP contribution in [0.3, 0.4) is 0 Å². The Balaban J connectivity index is 2.16. The highest BCUT2D eigenvalue weighted by Gasteiger charge is 2.44. The third-order valence-electron chi connectivity index (χ3n) is 5.72. The first-order valence-corrected chi connectivity index (χ1v) is 11.1. The molecule has 1 N–H and O–H groups in total. The van der Waals surface area contributed by atoms with Gasteiger partial charge in [-0.05, 0) is 17.9 Å². The largest absolute Gasteiger partial charge is 0.394 e. The van der Waals surface area contributed by atoms with Crippen LogP contribution in [0.15, 0.2) is 66.9 Å². The minimum atomic E-state index is -0.770. The standard InChI is InChI=1S/C26H31N3O4/c1-18(2)25-26(33)29(24(16-27(25)19(3)31)22-13-9-6-10-14-22)28(20(4)32)23(17-30)15-21-11-7-5-8-12-21/h5-14,16,18,23,25,30H,15,17H2,1-4H3/t23-,25?/m0/s1. The molecule has 0 aliphatic carbocycles. The average Bonchev–Trinajstić information content (AvgIpc) is 2.79. The van der Waals surface area contributed by atoms with Crippen molar-refractivity contribution in [3.63, 3.8) is 0 Å². The Hall–Kier alpha value is -3.45. The van der Waals surface area contributed by atoms with E-state index in [0.29, 0.717) is 17.7 Å². The monoisotopic (exact) mass is 449 g/mol. The molecular formula is C26H31N3O4. The van der Waals surface area contributed by atoms with Crippen molar-refractivity contribution in [3.8, 4) is 0 Å². The Morgan fingerprint density at radius 3 is 2.06 bits per heavy atom. The normalized spacial score (nSPS) is 17.1. The highest BCUT2D eigenvalue weighted by Crippen LogP contribution is 2.32. The highest BCUT2D eigenvalue weighted by molar-refractivity contribution is 5.98. The molecule has 1 aliphatic rings. The van der Waals surface area contributed by atoms with Crippen LogP contribution in [0.2, 0.25) is 0 Å². The number of aliphatic hydroxyl groups excluding tert-OH is 1. The van der Waals surface area contributed by atoms with Gasteiger partial charge in [0.1, 0.15) is 6.04 Å². The van der Waals surface area contributed by atoms with E-state index in [4.69, 9.17) is 0 Å². The fourth-order valence-corrected chi connectivity index (χ4v) is 4.23. The number of rotatable bonds is 7. The quantitative estimate of drug-likeness (QED) is 0.705. The molecule has 7 heteroatoms. The van der Waals surface area contributed by atoms with Crippen LogP contribution >= 0.6 is 0 Å². The number of benzene rings is 2. The maximum Gasteiger partial charge on any atom is 0.269 e. The molecule has 0 saturated carbocycles. The van der Waals surface area contributed by atoms with Crippen molar-refractivity contribution in [2.75, 3.05) is 6.61 Å². The molecular weight excluding hydrogens is 418 g/mol. The zero-order chi connectivity index (χ0) is 24.1. The van der Waals surface area contributed by atoms with Crippen molar-refractivity contribution in [2.45, 2.75) is 46.2 Å². The van der Waals surface area contributed by atoms with Crippen LogP contribution in [0, 0.1) is 5.92 Å². The fraction of sp³-hybridized carbons (Fsp3) is 0.346. The van der Waals surface area contributed by atoms with Crippen molar-refractivity contribution in [3.05, 3.63) is 78.0 Å². The molecule has 0 bridgehead atoms. The van der Waals surface area contributed by atoms with Gasteiger partial charge in [0.15, 0.2) is 0 Å². The molecule has 0 saturated heterocycles. The number of hydrogen-bond acceptors (Lipinski definition) is 4. The molecule has 2 aromatic carbocycles. The predicted octanol–water partition coefficient (Wildman–Crippen LogP) is 3.07. The molecule has 0 radical (unpaired) electrons. The Morgan fingerprint density at radius 1 is 1.00 bits per heavy atom. The van der Waals surface area contributed by atoms with Gasteiger partial charge in [-0.25, -0.2) is 10.0 Å². The van der Waals surface area contributed by atoms with Crippen LogP contribution in [0.4, 0.5) is 0 Å². The van der Waals surface area contributed by atoms with Gasteiger partial charge in [-0.2, -0.15) is 0 Å². The van der Waals surface area contributed by atoms with Crippen molar-refractivity contribution >= 4 is 23.4 Å². The van der Waals surface area contributed by atoms with Crippen LogP contribution in [0.1, 0.15) is 38.8 Å². The highest BCUT2D eigenvalue weighted by atomic mass is 16.3. The van der Waals surface area contributed by atoms with Crippen molar-refractivity contribution in [1.82, 2.24) is 14.9 Å². The smallest absolute Gasteiger partial charge is 0.269 e. The lowest BCUT2D eigenvalue weighted by Gasteiger charge is -2.47. The molecule has 33 heavy (non-hydrogen) atoms. The summed E-state index contributed by atoms with van der Waals surface area (Å²) in [6, 6.07) is 17.2. The Bertz CT molecular complexity index is 1020. The molecule has 0 spiro atoms. The van der Waals surface area contributed by atoms with E-state index in [9.17, 15) is 19.5 Å². The second kappa shape index (κ2) is 10.4. The maximum absolute atomic E-state index is 13.9. The molecule has 1 heterocycles. The lowest BCUT2D eigenvalue weighted by atomic mass is 9.97. The summed E-state index contributed by atoms with van der Waals surface area (Å²) in [5.74, 6) is -1.21. The van der Waals surface area contributed by atoms with Gasteiger partial charge in [-0.3, -0.25) is 14.4 Å². The summed E-state index contributed by atoms with van der Waals surface area (Å²) < 4.78 is 0. The molecule has 174 valence electrons. The van der Waals surface area contributed by atoms with Crippen LogP contribution in [-0.4, -0.2) is 56.4 Å². The number of amides is 3. The molecule has 1 aliphatic heterocycles. The van der Waals surface area contributed by atoms with Crippen LogP contribution in [-0.2, 0) is 20.8 Å². The Kier molecular flexibility index (Phi) is 7.66. The Morgan fingerprint density at radius 2 is 1.58 bits per heavy atom. The van der Waals surface area contributed by atoms with Crippen LogP contribution in [0.25, 0.3) is 5.70 Å². The number of aliphatic hydroxyl groups is 1. The van der Waals surface area contributed by atoms with E-state index in [-0.39, 0.29) is 30.2 Å². The number of hydrogen-bond donors (Lipinski definition) is 1. The molecule has 3 amide bonds. The van der Waals surface area contributed by atoms with Gasteiger partial charge in [0, 0.05) is 25.6 Å². The fourth-order valence-electron chi connectivity index (χ4n) is 4.23. The summed E-state index contributed by atoms with van der Waals surface area (Å²) in [6.07, 6.45) is 2.00. The van der Waals surface area contributed by atoms with Gasteiger partial charge >= 0.3 is 0 Å². The average molecular weight is 450 g/mol. The zero-order valence-electron chi connectivity index (χ0n) is 19.5. The van der Waals surface area contributed by atoms with E-state index in [1.54, 1.807) is 6.20 Å². The SMILES string of the molecule is CC(=O)N1C=C(c2ccccc2)N(N(C(C)=O)[C@H](CO)Cc2ccccc2)C(=O)C1C(C)C. The number of hydrazine groups is 1. The molecule has 3 rings (SSSR count). The Labute approximate surface area is 194 Å². The van der Waals surface area contributed by atoms with E-state index in [1.807, 2.05) is 74.5 Å². The first-order chi connectivity index (χ1) is 15.8. The first kappa shape index (κ1) is 24.2. The summed E-state index contributed by atoms with van der Waals surface area (Å²) in [6.45, 7) is 6.20. The molecule has 1 unspecified atom stereocenters. The van der Waals surface area contributed by atoms with Gasteiger partial charge in [-0.1, -0.05) is 74.5 Å². The second-order valence-corrected chi connectivity index (χ2v) is 8.54. The van der Waals surface area contributed by atoms with Gasteiger partial charge in [0.2, 0.25) is 11.8 Å². The third-order valence-corrected chi connectivity index (χ3v) is 5.72. The number of carbonyl (C=O) groups is 3. The van der Waals surface area contributed by atoms with Crippen LogP contribution in [0.5, 0.6) is 0 Å². The molecule has 2 aromatic rings. The predicted molar refractivity (Wildman–Crippen MR) is 126 cm³/mol. The molecule has 7 nitrogen and oxygen atoms in total. The lowest BCUT2D eigenvalue weighted by Crippen LogP contribution is -2.62. The second-order valence-electron chi connectivity index (χ2n) is 8.54. The minimum absolute atomic E-state index is 0.187. The first-order valence-electron chi connectivity index (χ1n) is 11.1. The van der Waals surface area contributed by atoms with Gasteiger partial charge in [-0.15, -0.1) is 0 Å². The number of nitrogens with zero attached hydrogens (tertiary/aromatic N) is 3. The topological polar surface area (TPSA) is 81.2 Å². The maximum atomic E-state index is 13.9. The molecule has 0 aromatic heterocycles. The summed E-state index contributed by atoms with van der Waals surface area (Å²) in [7, 11) is 0. The zero-order valence-corrected chi connectivity index (χ0v) is 19.5. The van der Waals surface area contributed by atoms with Gasteiger partial charge in [0.25, 0.3) is 5.91 Å². The molecule has 2 atom stereocenters. The van der Waals surface area contributed by atoms with E-state index >= 15 is 0 Å². The third kappa shape index (κ3) is 5.14. The van der Waals surface area contributed by atoms with Crippen LogP contribution < -0.4 is 0 Å². The van der Waals surface area contributed by atoms with Crippen molar-refractivity contribution in [1.29, 1.82) is 0 Å². The van der Waals surface area contributed by atoms with E-state index in [2.05, 4.69) is 0 Å². The van der Waals surface area contributed by atoms with Crippen molar-refractivity contribution < 1.29 is 19.5 Å². The summed E-state index contributed by atoms with van der Waals surface area (Å²) >= 11 is 0. The summed E-state index contributed by atoms with van der Waals surface area (Å²) in [5.41, 5.74) is 2.03. The minimum Gasteiger partial charge on any atom is -0.394 e. The van der Waals surface area contributed by atoms with E-state index in [0.717, 1.165) is 5.56 Å². The van der Waals surface area contributed by atoms with Gasteiger partial charge in [0.05, 0.1) is 18.3 Å². The lowest BCUT2D eigenvalue weighted by molar-refractivity contribution is -0.167. The van der Waals surface area contributed by atoms with E-state index in [1.165, 1.54) is 28.8 Å².